The molecule has 1 aromatic carbocycles. The number of halogens is 1. The lowest BCUT2D eigenvalue weighted by atomic mass is 10.3. The molecule has 0 unspecified atom stereocenters. The summed E-state index contributed by atoms with van der Waals surface area (Å²) in [7, 11) is 1.74. The second-order valence-electron chi connectivity index (χ2n) is 5.41. The topological polar surface area (TPSA) is 61.4 Å². The second-order valence-corrected chi connectivity index (χ2v) is 6.88. The van der Waals surface area contributed by atoms with Gasteiger partial charge in [-0.15, -0.1) is 11.3 Å². The van der Waals surface area contributed by atoms with E-state index < -0.39 is 0 Å². The minimum absolute atomic E-state index is 0.0895. The lowest BCUT2D eigenvalue weighted by molar-refractivity contribution is -0.122. The molecule has 0 aliphatic rings. The summed E-state index contributed by atoms with van der Waals surface area (Å²) < 4.78 is 0. The van der Waals surface area contributed by atoms with E-state index in [0.717, 1.165) is 6.42 Å². The van der Waals surface area contributed by atoms with Crippen LogP contribution in [0.2, 0.25) is 5.02 Å². The number of carbonyl (C=O) groups excluding carboxylic acids is 2. The molecule has 5 nitrogen and oxygen atoms in total. The van der Waals surface area contributed by atoms with E-state index in [0.29, 0.717) is 17.3 Å². The van der Waals surface area contributed by atoms with Crippen LogP contribution in [0.4, 0.5) is 5.69 Å². The number of thiophene rings is 1. The zero-order valence-corrected chi connectivity index (χ0v) is 15.0. The molecule has 2 rings (SSSR count). The van der Waals surface area contributed by atoms with Crippen LogP contribution in [0.3, 0.4) is 0 Å². The molecule has 0 bridgehead atoms. The Balaban J connectivity index is 1.65. The number of rotatable bonds is 8. The fourth-order valence-electron chi connectivity index (χ4n) is 2.12. The van der Waals surface area contributed by atoms with Crippen LogP contribution in [-0.2, 0) is 16.0 Å². The monoisotopic (exact) mass is 365 g/mol. The summed E-state index contributed by atoms with van der Waals surface area (Å²) in [6, 6.07) is 10.9. The Kier molecular flexibility index (Phi) is 7.24. The Bertz CT molecular complexity index is 659. The Morgan fingerprint density at radius 2 is 1.83 bits per heavy atom. The Labute approximate surface area is 150 Å². The number of carbonyl (C=O) groups is 2. The van der Waals surface area contributed by atoms with Crippen LogP contribution in [0, 0.1) is 0 Å². The first-order valence-electron chi connectivity index (χ1n) is 7.56. The highest BCUT2D eigenvalue weighted by Crippen LogP contribution is 2.13. The number of anilines is 1. The van der Waals surface area contributed by atoms with Gasteiger partial charge in [-0.1, -0.05) is 17.7 Å². The Hall–Kier alpha value is -1.89. The summed E-state index contributed by atoms with van der Waals surface area (Å²) in [5, 5.41) is 8.26. The average molecular weight is 366 g/mol. The molecule has 24 heavy (non-hydrogen) atoms. The molecule has 0 spiro atoms. The molecule has 1 aromatic heterocycles. The van der Waals surface area contributed by atoms with Gasteiger partial charge in [0.1, 0.15) is 0 Å². The Morgan fingerprint density at radius 1 is 1.12 bits per heavy atom. The van der Waals surface area contributed by atoms with Gasteiger partial charge < -0.3 is 10.6 Å². The van der Waals surface area contributed by atoms with Crippen molar-refractivity contribution in [3.63, 3.8) is 0 Å². The van der Waals surface area contributed by atoms with E-state index in [9.17, 15) is 9.59 Å². The van der Waals surface area contributed by atoms with Gasteiger partial charge in [0.25, 0.3) is 0 Å². The smallest absolute Gasteiger partial charge is 0.238 e. The molecule has 0 saturated heterocycles. The predicted molar refractivity (Wildman–Crippen MR) is 98.6 cm³/mol. The number of nitrogens with one attached hydrogen (secondary N) is 2. The van der Waals surface area contributed by atoms with Crippen molar-refractivity contribution in [3.05, 3.63) is 51.7 Å². The molecule has 0 saturated carbocycles. The van der Waals surface area contributed by atoms with E-state index in [4.69, 9.17) is 11.6 Å². The molecule has 128 valence electrons. The molecule has 2 aromatic rings. The maximum atomic E-state index is 11.9. The molecule has 2 amide bonds. The van der Waals surface area contributed by atoms with Crippen LogP contribution in [0.25, 0.3) is 0 Å². The largest absolute Gasteiger partial charge is 0.355 e. The molecule has 0 aliphatic carbocycles. The SMILES string of the molecule is CN(CC(=O)NCCc1cccs1)CC(=O)Nc1ccc(Cl)cc1. The minimum atomic E-state index is -0.175. The number of hydrogen-bond acceptors (Lipinski definition) is 4. The minimum Gasteiger partial charge on any atom is -0.355 e. The molecule has 0 fully saturated rings. The molecular formula is C17H20ClN3O2S. The predicted octanol–water partition coefficient (Wildman–Crippen LogP) is 2.63. The van der Waals surface area contributed by atoms with E-state index in [1.54, 1.807) is 47.5 Å². The van der Waals surface area contributed by atoms with Crippen LogP contribution < -0.4 is 10.6 Å². The third kappa shape index (κ3) is 6.70. The number of hydrogen-bond donors (Lipinski definition) is 2. The standard InChI is InChI=1S/C17H20ClN3O2S/c1-21(11-16(22)19-9-8-15-3-2-10-24-15)12-17(23)20-14-6-4-13(18)5-7-14/h2-7,10H,8-9,11-12H2,1H3,(H,19,22)(H,20,23). The molecule has 7 heteroatoms. The lowest BCUT2D eigenvalue weighted by Crippen LogP contribution is -2.39. The maximum absolute atomic E-state index is 11.9. The summed E-state index contributed by atoms with van der Waals surface area (Å²) >= 11 is 7.48. The highest BCUT2D eigenvalue weighted by Gasteiger charge is 2.10. The highest BCUT2D eigenvalue weighted by atomic mass is 35.5. The highest BCUT2D eigenvalue weighted by molar-refractivity contribution is 7.09. The molecule has 2 N–H and O–H groups in total. The quantitative estimate of drug-likeness (QED) is 0.756. The molecule has 0 atom stereocenters. The van der Waals surface area contributed by atoms with Crippen LogP contribution >= 0.6 is 22.9 Å². The van der Waals surface area contributed by atoms with Gasteiger partial charge in [-0.3, -0.25) is 14.5 Å². The first-order valence-corrected chi connectivity index (χ1v) is 8.82. The van der Waals surface area contributed by atoms with Crippen LogP contribution in [0.5, 0.6) is 0 Å². The van der Waals surface area contributed by atoms with E-state index in [2.05, 4.69) is 10.6 Å². The van der Waals surface area contributed by atoms with Crippen molar-refractivity contribution in [2.24, 2.45) is 0 Å². The van der Waals surface area contributed by atoms with Crippen molar-refractivity contribution in [3.8, 4) is 0 Å². The number of amides is 2. The van der Waals surface area contributed by atoms with Crippen molar-refractivity contribution in [1.82, 2.24) is 10.2 Å². The average Bonchev–Trinajstić information content (AvgIpc) is 3.02. The number of benzene rings is 1. The van der Waals surface area contributed by atoms with Crippen molar-refractivity contribution < 1.29 is 9.59 Å². The molecular weight excluding hydrogens is 346 g/mol. The van der Waals surface area contributed by atoms with Gasteiger partial charge in [-0.25, -0.2) is 0 Å². The van der Waals surface area contributed by atoms with Gasteiger partial charge in [-0.05, 0) is 49.2 Å². The molecule has 0 radical (unpaired) electrons. The van der Waals surface area contributed by atoms with Gasteiger partial charge in [0.05, 0.1) is 13.1 Å². The van der Waals surface area contributed by atoms with Crippen molar-refractivity contribution in [1.29, 1.82) is 0 Å². The first kappa shape index (κ1) is 18.4. The second kappa shape index (κ2) is 9.42. The third-order valence-electron chi connectivity index (χ3n) is 3.23. The lowest BCUT2D eigenvalue weighted by Gasteiger charge is -2.16. The van der Waals surface area contributed by atoms with Crippen molar-refractivity contribution in [2.75, 3.05) is 32.0 Å². The van der Waals surface area contributed by atoms with Gasteiger partial charge in [0, 0.05) is 22.1 Å². The van der Waals surface area contributed by atoms with E-state index in [1.165, 1.54) is 4.88 Å². The summed E-state index contributed by atoms with van der Waals surface area (Å²) in [5.41, 5.74) is 0.679. The zero-order valence-electron chi connectivity index (χ0n) is 13.4. The van der Waals surface area contributed by atoms with Gasteiger partial charge in [0.2, 0.25) is 11.8 Å². The zero-order chi connectivity index (χ0) is 17.4. The summed E-state index contributed by atoms with van der Waals surface area (Å²) in [4.78, 5) is 26.7. The molecule has 1 heterocycles. The van der Waals surface area contributed by atoms with Crippen molar-refractivity contribution in [2.45, 2.75) is 6.42 Å². The molecule has 0 aliphatic heterocycles. The maximum Gasteiger partial charge on any atom is 0.238 e. The van der Waals surface area contributed by atoms with Gasteiger partial charge in [-0.2, -0.15) is 0 Å². The Morgan fingerprint density at radius 3 is 2.50 bits per heavy atom. The number of nitrogens with zero attached hydrogens (tertiary/aromatic N) is 1. The normalized spacial score (nSPS) is 10.6. The summed E-state index contributed by atoms with van der Waals surface area (Å²) in [6.07, 6.45) is 0.824. The van der Waals surface area contributed by atoms with Crippen LogP contribution in [0.15, 0.2) is 41.8 Å². The third-order valence-corrected chi connectivity index (χ3v) is 4.42. The van der Waals surface area contributed by atoms with E-state index in [-0.39, 0.29) is 24.9 Å². The van der Waals surface area contributed by atoms with E-state index in [1.807, 2.05) is 17.5 Å². The van der Waals surface area contributed by atoms with Crippen LogP contribution in [-0.4, -0.2) is 43.4 Å². The summed E-state index contributed by atoms with van der Waals surface area (Å²) in [5.74, 6) is -0.264. The van der Waals surface area contributed by atoms with Crippen LogP contribution in [0.1, 0.15) is 4.88 Å². The van der Waals surface area contributed by atoms with Gasteiger partial charge in [0.15, 0.2) is 0 Å². The van der Waals surface area contributed by atoms with Gasteiger partial charge >= 0.3 is 0 Å². The fraction of sp³-hybridized carbons (Fsp3) is 0.294. The number of likely N-dealkylation sites (N-methyl/N-ethyl adjacent to an activating group) is 1. The summed E-state index contributed by atoms with van der Waals surface area (Å²) in [6.45, 7) is 0.920. The first-order chi connectivity index (χ1) is 11.5. The van der Waals surface area contributed by atoms with Crippen molar-refractivity contribution >= 4 is 40.4 Å². The fourth-order valence-corrected chi connectivity index (χ4v) is 2.95. The van der Waals surface area contributed by atoms with E-state index >= 15 is 0 Å².